The molecule has 0 aromatic heterocycles. The Kier molecular flexibility index (Phi) is 4.93. The Bertz CT molecular complexity index is 349. The normalized spacial score (nSPS) is 13.7. The van der Waals surface area contributed by atoms with Gasteiger partial charge in [-0.1, -0.05) is 19.1 Å². The van der Waals surface area contributed by atoms with Crippen LogP contribution in [0.25, 0.3) is 0 Å². The van der Waals surface area contributed by atoms with Gasteiger partial charge in [0.2, 0.25) is 0 Å². The lowest BCUT2D eigenvalue weighted by atomic mass is 10.0. The number of nitrogens with one attached hydrogen (secondary N) is 1. The van der Waals surface area contributed by atoms with Gasteiger partial charge in [0.15, 0.2) is 0 Å². The van der Waals surface area contributed by atoms with Gasteiger partial charge in [-0.3, -0.25) is 0 Å². The van der Waals surface area contributed by atoms with E-state index < -0.39 is 12.7 Å². The van der Waals surface area contributed by atoms with Crippen molar-refractivity contribution in [3.63, 3.8) is 0 Å². The minimum absolute atomic E-state index is 0.0270. The molecule has 1 nitrogen and oxygen atoms in total. The lowest BCUT2D eigenvalue weighted by Gasteiger charge is -2.14. The topological polar surface area (TPSA) is 12.0 Å². The number of hydrogen-bond donors (Lipinski definition) is 1. The van der Waals surface area contributed by atoms with Crippen LogP contribution in [0.4, 0.5) is 17.6 Å². The third-order valence-corrected chi connectivity index (χ3v) is 2.29. The van der Waals surface area contributed by atoms with Crippen molar-refractivity contribution in [3.05, 3.63) is 35.6 Å². The van der Waals surface area contributed by atoms with Crippen LogP contribution in [0.5, 0.6) is 0 Å². The molecule has 0 aliphatic rings. The third kappa shape index (κ3) is 6.26. The molecule has 0 heterocycles. The summed E-state index contributed by atoms with van der Waals surface area (Å²) >= 11 is 0. The molecule has 0 fully saturated rings. The fourth-order valence-electron chi connectivity index (χ4n) is 1.60. The largest absolute Gasteiger partial charge is 0.401 e. The number of halogens is 4. The molecule has 17 heavy (non-hydrogen) atoms. The minimum atomic E-state index is -4.18. The summed E-state index contributed by atoms with van der Waals surface area (Å²) in [5, 5.41) is 2.34. The van der Waals surface area contributed by atoms with Crippen molar-refractivity contribution >= 4 is 0 Å². The van der Waals surface area contributed by atoms with Gasteiger partial charge in [-0.05, 0) is 36.6 Å². The first-order valence-electron chi connectivity index (χ1n) is 5.39. The Labute approximate surface area is 97.8 Å². The van der Waals surface area contributed by atoms with E-state index in [0.717, 1.165) is 5.56 Å². The first-order chi connectivity index (χ1) is 7.87. The van der Waals surface area contributed by atoms with Crippen LogP contribution < -0.4 is 5.32 Å². The molecule has 0 saturated heterocycles. The zero-order valence-corrected chi connectivity index (χ0v) is 9.52. The van der Waals surface area contributed by atoms with Gasteiger partial charge in [0.1, 0.15) is 5.82 Å². The van der Waals surface area contributed by atoms with Gasteiger partial charge in [-0.15, -0.1) is 0 Å². The quantitative estimate of drug-likeness (QED) is 0.790. The highest BCUT2D eigenvalue weighted by atomic mass is 19.4. The van der Waals surface area contributed by atoms with E-state index in [1.807, 2.05) is 6.92 Å². The molecule has 0 radical (unpaired) electrons. The highest BCUT2D eigenvalue weighted by molar-refractivity contribution is 5.16. The second kappa shape index (κ2) is 6.00. The van der Waals surface area contributed by atoms with E-state index in [9.17, 15) is 17.6 Å². The van der Waals surface area contributed by atoms with Crippen molar-refractivity contribution in [2.24, 2.45) is 5.92 Å². The molecule has 1 N–H and O–H groups in total. The van der Waals surface area contributed by atoms with Crippen molar-refractivity contribution in [1.82, 2.24) is 5.32 Å². The van der Waals surface area contributed by atoms with Crippen LogP contribution in [0.3, 0.4) is 0 Å². The molecule has 0 aliphatic carbocycles. The average Bonchev–Trinajstić information content (AvgIpc) is 2.15. The molecule has 5 heteroatoms. The lowest BCUT2D eigenvalue weighted by molar-refractivity contribution is -0.125. The third-order valence-electron chi connectivity index (χ3n) is 2.29. The second-order valence-corrected chi connectivity index (χ2v) is 4.19. The summed E-state index contributed by atoms with van der Waals surface area (Å²) in [5.41, 5.74) is 0.798. The molecule has 1 unspecified atom stereocenters. The molecule has 0 amide bonds. The Morgan fingerprint density at radius 3 is 2.59 bits per heavy atom. The van der Waals surface area contributed by atoms with Crippen LogP contribution in [0.1, 0.15) is 12.5 Å². The van der Waals surface area contributed by atoms with Crippen LogP contribution >= 0.6 is 0 Å². The monoisotopic (exact) mass is 249 g/mol. The molecule has 0 saturated carbocycles. The van der Waals surface area contributed by atoms with Crippen LogP contribution in [0, 0.1) is 11.7 Å². The van der Waals surface area contributed by atoms with Gasteiger partial charge in [-0.2, -0.15) is 13.2 Å². The van der Waals surface area contributed by atoms with E-state index in [-0.39, 0.29) is 18.3 Å². The van der Waals surface area contributed by atoms with Gasteiger partial charge in [0, 0.05) is 0 Å². The van der Waals surface area contributed by atoms with Gasteiger partial charge >= 0.3 is 6.18 Å². The summed E-state index contributed by atoms with van der Waals surface area (Å²) < 4.78 is 48.5. The number of benzene rings is 1. The molecular weight excluding hydrogens is 234 g/mol. The molecule has 0 spiro atoms. The molecule has 0 aliphatic heterocycles. The SMILES string of the molecule is CC(CNCC(F)(F)F)Cc1cccc(F)c1. The Morgan fingerprint density at radius 2 is 2.00 bits per heavy atom. The summed E-state index contributed by atoms with van der Waals surface area (Å²) in [5.74, 6) is -0.294. The predicted molar refractivity (Wildman–Crippen MR) is 58.2 cm³/mol. The Hall–Kier alpha value is -1.10. The Balaban J connectivity index is 2.32. The summed E-state index contributed by atoms with van der Waals surface area (Å²) in [6, 6.07) is 6.11. The molecule has 1 aromatic carbocycles. The molecule has 1 aromatic rings. The standard InChI is InChI=1S/C12H15F4N/c1-9(7-17-8-12(14,15)16)5-10-3-2-4-11(13)6-10/h2-4,6,9,17H,5,7-8H2,1H3. The van der Waals surface area contributed by atoms with E-state index in [0.29, 0.717) is 6.42 Å². The van der Waals surface area contributed by atoms with Crippen LogP contribution in [0.15, 0.2) is 24.3 Å². The summed E-state index contributed by atoms with van der Waals surface area (Å²) in [7, 11) is 0. The lowest BCUT2D eigenvalue weighted by Crippen LogP contribution is -2.32. The zero-order valence-electron chi connectivity index (χ0n) is 9.52. The predicted octanol–water partition coefficient (Wildman–Crippen LogP) is 3.16. The first-order valence-corrected chi connectivity index (χ1v) is 5.39. The maximum absolute atomic E-state index is 12.9. The average molecular weight is 249 g/mol. The molecule has 1 atom stereocenters. The summed E-state index contributed by atoms with van der Waals surface area (Å²) in [6.07, 6.45) is -3.62. The van der Waals surface area contributed by atoms with Crippen LogP contribution in [-0.4, -0.2) is 19.3 Å². The molecular formula is C12H15F4N. The molecule has 96 valence electrons. The smallest absolute Gasteiger partial charge is 0.308 e. The van der Waals surface area contributed by atoms with Crippen molar-refractivity contribution in [3.8, 4) is 0 Å². The van der Waals surface area contributed by atoms with Crippen molar-refractivity contribution < 1.29 is 17.6 Å². The number of hydrogen-bond acceptors (Lipinski definition) is 1. The van der Waals surface area contributed by atoms with Crippen LogP contribution in [-0.2, 0) is 6.42 Å². The van der Waals surface area contributed by atoms with E-state index in [4.69, 9.17) is 0 Å². The zero-order chi connectivity index (χ0) is 12.9. The van der Waals surface area contributed by atoms with Crippen molar-refractivity contribution in [2.45, 2.75) is 19.5 Å². The highest BCUT2D eigenvalue weighted by Crippen LogP contribution is 2.13. The molecule has 1 rings (SSSR count). The van der Waals surface area contributed by atoms with Gasteiger partial charge in [-0.25, -0.2) is 4.39 Å². The first kappa shape index (κ1) is 14.0. The maximum Gasteiger partial charge on any atom is 0.401 e. The maximum atomic E-state index is 12.9. The fraction of sp³-hybridized carbons (Fsp3) is 0.500. The van der Waals surface area contributed by atoms with E-state index in [1.165, 1.54) is 12.1 Å². The highest BCUT2D eigenvalue weighted by Gasteiger charge is 2.26. The van der Waals surface area contributed by atoms with Crippen molar-refractivity contribution in [1.29, 1.82) is 0 Å². The minimum Gasteiger partial charge on any atom is -0.308 e. The second-order valence-electron chi connectivity index (χ2n) is 4.19. The van der Waals surface area contributed by atoms with Gasteiger partial charge < -0.3 is 5.32 Å². The van der Waals surface area contributed by atoms with Gasteiger partial charge in [0.25, 0.3) is 0 Å². The Morgan fingerprint density at radius 1 is 1.29 bits per heavy atom. The molecule has 0 bridgehead atoms. The number of alkyl halides is 3. The van der Waals surface area contributed by atoms with Gasteiger partial charge in [0.05, 0.1) is 6.54 Å². The van der Waals surface area contributed by atoms with E-state index >= 15 is 0 Å². The fourth-order valence-corrected chi connectivity index (χ4v) is 1.60. The van der Waals surface area contributed by atoms with Crippen LogP contribution in [0.2, 0.25) is 0 Å². The van der Waals surface area contributed by atoms with Crippen molar-refractivity contribution in [2.75, 3.05) is 13.1 Å². The van der Waals surface area contributed by atoms with E-state index in [2.05, 4.69) is 5.32 Å². The van der Waals surface area contributed by atoms with E-state index in [1.54, 1.807) is 12.1 Å². The summed E-state index contributed by atoms with van der Waals surface area (Å²) in [4.78, 5) is 0. The number of rotatable bonds is 5. The summed E-state index contributed by atoms with van der Waals surface area (Å²) in [6.45, 7) is 1.10.